The number of methoxy groups -OCH3 is 1. The Hall–Kier alpha value is -1.42. The zero-order valence-electron chi connectivity index (χ0n) is 7.92. The first-order chi connectivity index (χ1) is 6.70. The van der Waals surface area contributed by atoms with Crippen molar-refractivity contribution < 1.29 is 13.9 Å². The van der Waals surface area contributed by atoms with Gasteiger partial charge in [-0.2, -0.15) is 0 Å². The Morgan fingerprint density at radius 2 is 2.29 bits per heavy atom. The molecule has 0 spiro atoms. The number of hydrogen-bond acceptors (Lipinski definition) is 3. The minimum Gasteiger partial charge on any atom is -0.465 e. The Labute approximate surface area is 81.7 Å². The van der Waals surface area contributed by atoms with Gasteiger partial charge in [-0.05, 0) is 24.6 Å². The van der Waals surface area contributed by atoms with Gasteiger partial charge in [-0.3, -0.25) is 0 Å². The second-order valence-corrected chi connectivity index (χ2v) is 2.81. The fraction of sp³-hybridized carbons (Fsp3) is 0.300. The van der Waals surface area contributed by atoms with E-state index >= 15 is 0 Å². The van der Waals surface area contributed by atoms with Gasteiger partial charge in [0.05, 0.1) is 12.7 Å². The van der Waals surface area contributed by atoms with E-state index in [0.29, 0.717) is 18.5 Å². The van der Waals surface area contributed by atoms with E-state index in [-0.39, 0.29) is 5.56 Å². The lowest BCUT2D eigenvalue weighted by molar-refractivity contribution is 0.0595. The molecule has 76 valence electrons. The van der Waals surface area contributed by atoms with Gasteiger partial charge in [-0.1, -0.05) is 12.1 Å². The van der Waals surface area contributed by atoms with Crippen LogP contribution in [-0.2, 0) is 11.2 Å². The Bertz CT molecular complexity index is 339. The van der Waals surface area contributed by atoms with Crippen LogP contribution in [0.2, 0.25) is 0 Å². The van der Waals surface area contributed by atoms with Crippen LogP contribution >= 0.6 is 0 Å². The molecule has 0 saturated carbocycles. The molecule has 2 N–H and O–H groups in total. The number of nitrogens with two attached hydrogens (primary N) is 1. The zero-order chi connectivity index (χ0) is 10.6. The molecule has 1 aromatic rings. The first-order valence-corrected chi connectivity index (χ1v) is 4.26. The molecule has 0 radical (unpaired) electrons. The molecule has 1 aromatic carbocycles. The van der Waals surface area contributed by atoms with Crippen molar-refractivity contribution >= 4 is 5.97 Å². The van der Waals surface area contributed by atoms with E-state index in [0.717, 1.165) is 0 Å². The molecule has 0 aliphatic carbocycles. The first kappa shape index (κ1) is 10.7. The molecule has 1 rings (SSSR count). The summed E-state index contributed by atoms with van der Waals surface area (Å²) in [5.41, 5.74) is 5.70. The number of ether oxygens (including phenoxy) is 1. The van der Waals surface area contributed by atoms with E-state index in [1.54, 1.807) is 12.1 Å². The van der Waals surface area contributed by atoms with Crippen molar-refractivity contribution in [2.45, 2.75) is 6.42 Å². The van der Waals surface area contributed by atoms with E-state index in [4.69, 9.17) is 5.73 Å². The second-order valence-electron chi connectivity index (χ2n) is 2.81. The maximum absolute atomic E-state index is 13.5. The van der Waals surface area contributed by atoms with Gasteiger partial charge in [0.2, 0.25) is 0 Å². The van der Waals surface area contributed by atoms with Crippen LogP contribution in [0.1, 0.15) is 15.9 Å². The SMILES string of the molecule is COC(=O)c1cccc(CCN)c1F. The molecule has 0 aromatic heterocycles. The normalized spacial score (nSPS) is 9.93. The number of benzene rings is 1. The molecular formula is C10H12FNO2. The molecule has 0 heterocycles. The highest BCUT2D eigenvalue weighted by Gasteiger charge is 2.14. The number of halogens is 1. The van der Waals surface area contributed by atoms with E-state index in [2.05, 4.69) is 4.74 Å². The fourth-order valence-corrected chi connectivity index (χ4v) is 1.20. The summed E-state index contributed by atoms with van der Waals surface area (Å²) in [4.78, 5) is 11.1. The summed E-state index contributed by atoms with van der Waals surface area (Å²) in [7, 11) is 1.22. The first-order valence-electron chi connectivity index (χ1n) is 4.26. The number of carbonyl (C=O) groups excluding carboxylic acids is 1. The quantitative estimate of drug-likeness (QED) is 0.738. The molecular weight excluding hydrogens is 185 g/mol. The molecule has 0 aliphatic rings. The second kappa shape index (κ2) is 4.72. The molecule has 0 bridgehead atoms. The largest absolute Gasteiger partial charge is 0.465 e. The molecule has 0 unspecified atom stereocenters. The highest BCUT2D eigenvalue weighted by atomic mass is 19.1. The lowest BCUT2D eigenvalue weighted by Gasteiger charge is -2.05. The van der Waals surface area contributed by atoms with Gasteiger partial charge in [0.25, 0.3) is 0 Å². The van der Waals surface area contributed by atoms with Gasteiger partial charge in [-0.25, -0.2) is 9.18 Å². The summed E-state index contributed by atoms with van der Waals surface area (Å²) in [6.07, 6.45) is 0.413. The smallest absolute Gasteiger partial charge is 0.340 e. The molecule has 0 aliphatic heterocycles. The maximum Gasteiger partial charge on any atom is 0.340 e. The monoisotopic (exact) mass is 197 g/mol. The number of esters is 1. The van der Waals surface area contributed by atoms with E-state index < -0.39 is 11.8 Å². The predicted molar refractivity (Wildman–Crippen MR) is 50.5 cm³/mol. The van der Waals surface area contributed by atoms with Crippen LogP contribution < -0.4 is 5.73 Å². The standard InChI is InChI=1S/C10H12FNO2/c1-14-10(13)8-4-2-3-7(5-6-12)9(8)11/h2-4H,5-6,12H2,1H3. The highest BCUT2D eigenvalue weighted by molar-refractivity contribution is 5.89. The van der Waals surface area contributed by atoms with Crippen molar-refractivity contribution in [1.29, 1.82) is 0 Å². The third-order valence-corrected chi connectivity index (χ3v) is 1.90. The Balaban J connectivity index is 3.07. The maximum atomic E-state index is 13.5. The van der Waals surface area contributed by atoms with Crippen LogP contribution in [0.15, 0.2) is 18.2 Å². The van der Waals surface area contributed by atoms with Gasteiger partial charge in [0.15, 0.2) is 0 Å². The molecule has 4 heteroatoms. The van der Waals surface area contributed by atoms with Crippen molar-refractivity contribution in [1.82, 2.24) is 0 Å². The average Bonchev–Trinajstić information content (AvgIpc) is 2.20. The summed E-state index contributed by atoms with van der Waals surface area (Å²) in [6, 6.07) is 4.61. The van der Waals surface area contributed by atoms with Crippen LogP contribution in [0.3, 0.4) is 0 Å². The van der Waals surface area contributed by atoms with Crippen LogP contribution in [-0.4, -0.2) is 19.6 Å². The third kappa shape index (κ3) is 2.09. The van der Waals surface area contributed by atoms with Crippen molar-refractivity contribution in [3.63, 3.8) is 0 Å². The molecule has 3 nitrogen and oxygen atoms in total. The number of carbonyl (C=O) groups is 1. The molecule has 0 saturated heterocycles. The molecule has 14 heavy (non-hydrogen) atoms. The Kier molecular flexibility index (Phi) is 3.59. The van der Waals surface area contributed by atoms with Crippen molar-refractivity contribution in [3.05, 3.63) is 35.1 Å². The Morgan fingerprint density at radius 3 is 2.86 bits per heavy atom. The average molecular weight is 197 g/mol. The van der Waals surface area contributed by atoms with Crippen LogP contribution in [0, 0.1) is 5.82 Å². The Morgan fingerprint density at radius 1 is 1.57 bits per heavy atom. The van der Waals surface area contributed by atoms with Gasteiger partial charge in [0.1, 0.15) is 5.82 Å². The molecule has 0 fully saturated rings. The number of hydrogen-bond donors (Lipinski definition) is 1. The fourth-order valence-electron chi connectivity index (χ4n) is 1.20. The zero-order valence-corrected chi connectivity index (χ0v) is 7.92. The van der Waals surface area contributed by atoms with Gasteiger partial charge < -0.3 is 10.5 Å². The van der Waals surface area contributed by atoms with Crippen molar-refractivity contribution in [2.24, 2.45) is 5.73 Å². The lowest BCUT2D eigenvalue weighted by atomic mass is 10.1. The predicted octanol–water partition coefficient (Wildman–Crippen LogP) is 1.11. The summed E-state index contributed by atoms with van der Waals surface area (Å²) in [5, 5.41) is 0. The van der Waals surface area contributed by atoms with Gasteiger partial charge >= 0.3 is 5.97 Å². The third-order valence-electron chi connectivity index (χ3n) is 1.90. The topological polar surface area (TPSA) is 52.3 Å². The van der Waals surface area contributed by atoms with E-state index in [1.165, 1.54) is 13.2 Å². The molecule has 0 atom stereocenters. The summed E-state index contributed by atoms with van der Waals surface area (Å²) < 4.78 is 18.0. The van der Waals surface area contributed by atoms with E-state index in [1.807, 2.05) is 0 Å². The van der Waals surface area contributed by atoms with Gasteiger partial charge in [-0.15, -0.1) is 0 Å². The van der Waals surface area contributed by atoms with E-state index in [9.17, 15) is 9.18 Å². The summed E-state index contributed by atoms with van der Waals surface area (Å²) in [5.74, 6) is -1.20. The number of rotatable bonds is 3. The van der Waals surface area contributed by atoms with Crippen LogP contribution in [0.4, 0.5) is 4.39 Å². The summed E-state index contributed by atoms with van der Waals surface area (Å²) in [6.45, 7) is 0.349. The van der Waals surface area contributed by atoms with Crippen molar-refractivity contribution in [2.75, 3.05) is 13.7 Å². The van der Waals surface area contributed by atoms with Crippen LogP contribution in [0.5, 0.6) is 0 Å². The minimum absolute atomic E-state index is 0.0431. The summed E-state index contributed by atoms with van der Waals surface area (Å²) >= 11 is 0. The van der Waals surface area contributed by atoms with Gasteiger partial charge in [0, 0.05) is 0 Å². The van der Waals surface area contributed by atoms with Crippen LogP contribution in [0.25, 0.3) is 0 Å². The minimum atomic E-state index is -0.665. The molecule has 0 amide bonds. The highest BCUT2D eigenvalue weighted by Crippen LogP contribution is 2.14. The lowest BCUT2D eigenvalue weighted by Crippen LogP contribution is -2.09. The van der Waals surface area contributed by atoms with Crippen molar-refractivity contribution in [3.8, 4) is 0 Å².